The fraction of sp³-hybridized carbons (Fsp3) is 0.571. The molecule has 16 nitrogen and oxygen atoms in total. The first-order valence-corrected chi connectivity index (χ1v) is 14.8. The van der Waals surface area contributed by atoms with Crippen molar-refractivity contribution in [3.05, 3.63) is 29.8 Å². The number of fused-ring (bicyclic) bond motifs is 2. The second-order valence-corrected chi connectivity index (χ2v) is 11.6. The minimum atomic E-state index is -5.59. The van der Waals surface area contributed by atoms with Crippen molar-refractivity contribution in [1.29, 1.82) is 0 Å². The minimum Gasteiger partial charge on any atom is -0.508 e. The molecule has 3 fully saturated rings. The fourth-order valence-corrected chi connectivity index (χ4v) is 5.63. The van der Waals surface area contributed by atoms with E-state index in [0.29, 0.717) is 12.0 Å². The monoisotopic (exact) mass is 671 g/mol. The van der Waals surface area contributed by atoms with Gasteiger partial charge in [-0.25, -0.2) is 0 Å². The van der Waals surface area contributed by atoms with Gasteiger partial charge in [0.1, 0.15) is 29.9 Å². The van der Waals surface area contributed by atoms with E-state index in [1.807, 2.05) is 0 Å². The van der Waals surface area contributed by atoms with Crippen molar-refractivity contribution < 1.29 is 57.3 Å². The highest BCUT2D eigenvalue weighted by Gasteiger charge is 2.56. The summed E-state index contributed by atoms with van der Waals surface area (Å²) in [6, 6.07) is -0.350. The van der Waals surface area contributed by atoms with Crippen molar-refractivity contribution in [2.24, 2.45) is 0 Å². The van der Waals surface area contributed by atoms with Crippen LogP contribution in [-0.2, 0) is 35.2 Å². The van der Waals surface area contributed by atoms with E-state index >= 15 is 0 Å². The molecule has 6 atom stereocenters. The number of aliphatic hydroxyl groups excluding tert-OH is 1. The molecule has 6 amide bonds. The molecule has 258 valence electrons. The maximum Gasteiger partial charge on any atom is 0.452 e. The second-order valence-electron chi connectivity index (χ2n) is 11.6. The molecule has 0 radical (unpaired) electrons. The van der Waals surface area contributed by atoms with Crippen LogP contribution in [0.4, 0.5) is 13.2 Å². The van der Waals surface area contributed by atoms with Gasteiger partial charge in [-0.3, -0.25) is 34.1 Å². The highest BCUT2D eigenvalue weighted by molar-refractivity contribution is 5.96. The number of carbonyl (C=O) groups is 6. The van der Waals surface area contributed by atoms with Gasteiger partial charge >= 0.3 is 6.18 Å². The molecule has 0 aliphatic carbocycles. The van der Waals surface area contributed by atoms with Gasteiger partial charge in [-0.15, -0.1) is 0 Å². The lowest BCUT2D eigenvalue weighted by atomic mass is 10.0. The lowest BCUT2D eigenvalue weighted by molar-refractivity contribution is -0.283. The van der Waals surface area contributed by atoms with Gasteiger partial charge in [-0.1, -0.05) is 12.1 Å². The number of aromatic hydroxyl groups is 1. The van der Waals surface area contributed by atoms with Gasteiger partial charge in [-0.05, 0) is 37.5 Å². The lowest BCUT2D eigenvalue weighted by Gasteiger charge is -2.34. The maximum atomic E-state index is 14.1. The quantitative estimate of drug-likeness (QED) is 0.158. The van der Waals surface area contributed by atoms with Crippen LogP contribution in [0.1, 0.15) is 31.7 Å². The first-order chi connectivity index (χ1) is 22.0. The number of carbonyl (C=O) groups excluding carboxylic acids is 6. The summed E-state index contributed by atoms with van der Waals surface area (Å²) in [5.74, 6) is -10.3. The number of phenols is 1. The molecule has 19 heteroatoms. The molecule has 3 aliphatic rings. The number of nitrogens with one attached hydrogen (secondary N) is 5. The van der Waals surface area contributed by atoms with E-state index in [0.717, 1.165) is 9.80 Å². The Morgan fingerprint density at radius 2 is 1.62 bits per heavy atom. The van der Waals surface area contributed by atoms with Gasteiger partial charge in [0.25, 0.3) is 5.85 Å². The SMILES string of the molecule is CC1NC(=O)CN[C@](O)(C(F)(F)F)NC(=O)[C@H](Cc2ccc(O)cc2)NC(=O)[C@@H]2CCCN2C(=O)[C@H]2C[C@H](O)CN2C(=O)CNC1=O. The van der Waals surface area contributed by atoms with Gasteiger partial charge in [0.05, 0.1) is 19.2 Å². The van der Waals surface area contributed by atoms with Crippen LogP contribution < -0.4 is 26.6 Å². The number of hydrogen-bond donors (Lipinski definition) is 8. The minimum absolute atomic E-state index is 0.0616. The van der Waals surface area contributed by atoms with Crippen LogP contribution in [0.2, 0.25) is 0 Å². The molecule has 0 spiro atoms. The summed E-state index contributed by atoms with van der Waals surface area (Å²) in [5.41, 5.74) is 0.293. The Hall–Kier alpha value is -4.49. The number of aliphatic hydroxyl groups is 2. The number of alkyl halides is 3. The van der Waals surface area contributed by atoms with Gasteiger partial charge in [0.15, 0.2) is 0 Å². The zero-order valence-electron chi connectivity index (χ0n) is 25.2. The summed E-state index contributed by atoms with van der Waals surface area (Å²) in [5, 5.41) is 40.1. The zero-order chi connectivity index (χ0) is 34.7. The first kappa shape index (κ1) is 35.4. The van der Waals surface area contributed by atoms with E-state index in [1.54, 1.807) is 0 Å². The van der Waals surface area contributed by atoms with E-state index in [-0.39, 0.29) is 31.7 Å². The number of phenolic OH excluding ortho intramolecular Hbond substituents is 1. The van der Waals surface area contributed by atoms with Crippen LogP contribution in [0, 0.1) is 0 Å². The summed E-state index contributed by atoms with van der Waals surface area (Å²) in [7, 11) is 0. The average Bonchev–Trinajstić information content (AvgIpc) is 3.65. The summed E-state index contributed by atoms with van der Waals surface area (Å²) in [4.78, 5) is 80.8. The molecule has 0 saturated carbocycles. The normalized spacial score (nSPS) is 30.6. The molecule has 1 aromatic carbocycles. The third kappa shape index (κ3) is 8.27. The largest absolute Gasteiger partial charge is 0.508 e. The Balaban J connectivity index is 1.69. The van der Waals surface area contributed by atoms with Crippen LogP contribution in [0.25, 0.3) is 0 Å². The topological polar surface area (TPSA) is 230 Å². The van der Waals surface area contributed by atoms with Gasteiger partial charge in [0.2, 0.25) is 35.4 Å². The zero-order valence-corrected chi connectivity index (χ0v) is 25.2. The summed E-state index contributed by atoms with van der Waals surface area (Å²) in [6.07, 6.45) is -6.83. The second kappa shape index (κ2) is 14.1. The predicted octanol–water partition coefficient (Wildman–Crippen LogP) is -3.08. The smallest absolute Gasteiger partial charge is 0.452 e. The van der Waals surface area contributed by atoms with Crippen LogP contribution >= 0.6 is 0 Å². The summed E-state index contributed by atoms with van der Waals surface area (Å²) >= 11 is 0. The molecular formula is C28H36F3N7O9. The van der Waals surface area contributed by atoms with Gasteiger partial charge in [0, 0.05) is 25.9 Å². The van der Waals surface area contributed by atoms with Crippen LogP contribution in [0.5, 0.6) is 5.75 Å². The molecule has 3 saturated heterocycles. The van der Waals surface area contributed by atoms with Crippen molar-refractivity contribution in [2.45, 2.75) is 74.9 Å². The highest BCUT2D eigenvalue weighted by atomic mass is 19.4. The third-order valence-corrected chi connectivity index (χ3v) is 8.14. The molecular weight excluding hydrogens is 635 g/mol. The van der Waals surface area contributed by atoms with E-state index in [1.165, 1.54) is 41.8 Å². The third-order valence-electron chi connectivity index (χ3n) is 8.14. The van der Waals surface area contributed by atoms with E-state index < -0.39 is 97.2 Å². The Bertz CT molecular complexity index is 1400. The number of hydrogen-bond acceptors (Lipinski definition) is 10. The van der Waals surface area contributed by atoms with Crippen LogP contribution in [0.3, 0.4) is 0 Å². The number of nitrogens with zero attached hydrogens (tertiary/aromatic N) is 2. The number of amides is 6. The standard InChI is InChI=1S/C28H36F3N7O9/c1-14-23(43)32-12-22(42)38-13-17(40)10-20(38)26(46)37-8-2-3-19(37)25(45)35-18(9-15-4-6-16(39)7-5-15)24(44)36-28(47,27(29,30)31)33-11-21(41)34-14/h4-7,14,17-20,33,39-40,47H,2-3,8-13H2,1H3,(H,32,43)(H,34,41)(H,35,45)(H,36,44)/t14?,17-,18-,19-,20+,28+/m0/s1. The van der Waals surface area contributed by atoms with Gasteiger partial charge in [-0.2, -0.15) is 13.2 Å². The average molecular weight is 672 g/mol. The van der Waals surface area contributed by atoms with Crippen LogP contribution in [0.15, 0.2) is 24.3 Å². The Labute approximate surface area is 266 Å². The molecule has 4 rings (SSSR count). The van der Waals surface area contributed by atoms with E-state index in [2.05, 4.69) is 16.0 Å². The fourth-order valence-electron chi connectivity index (χ4n) is 5.63. The molecule has 3 heterocycles. The molecule has 8 N–H and O–H groups in total. The van der Waals surface area contributed by atoms with Crippen molar-refractivity contribution in [3.63, 3.8) is 0 Å². The Morgan fingerprint density at radius 3 is 2.28 bits per heavy atom. The van der Waals surface area contributed by atoms with E-state index in [9.17, 15) is 57.3 Å². The molecule has 0 aromatic heterocycles. The number of rotatable bonds is 2. The lowest BCUT2D eigenvalue weighted by Crippen LogP contribution is -2.71. The Kier molecular flexibility index (Phi) is 10.6. The maximum absolute atomic E-state index is 14.1. The van der Waals surface area contributed by atoms with Crippen molar-refractivity contribution in [1.82, 2.24) is 36.4 Å². The molecule has 1 aromatic rings. The molecule has 0 bridgehead atoms. The summed E-state index contributed by atoms with van der Waals surface area (Å²) < 4.78 is 42.2. The molecule has 47 heavy (non-hydrogen) atoms. The Morgan fingerprint density at radius 1 is 0.936 bits per heavy atom. The molecule has 1 unspecified atom stereocenters. The van der Waals surface area contributed by atoms with Crippen molar-refractivity contribution in [3.8, 4) is 5.75 Å². The van der Waals surface area contributed by atoms with E-state index in [4.69, 9.17) is 0 Å². The number of benzene rings is 1. The van der Waals surface area contributed by atoms with Crippen molar-refractivity contribution >= 4 is 35.4 Å². The van der Waals surface area contributed by atoms with Crippen LogP contribution in [-0.4, -0.2) is 129 Å². The van der Waals surface area contributed by atoms with Crippen molar-refractivity contribution in [2.75, 3.05) is 26.2 Å². The van der Waals surface area contributed by atoms with Gasteiger partial charge < -0.3 is 46.4 Å². The number of halogens is 3. The summed E-state index contributed by atoms with van der Waals surface area (Å²) in [6.45, 7) is -0.876. The highest BCUT2D eigenvalue weighted by Crippen LogP contribution is 2.28. The predicted molar refractivity (Wildman–Crippen MR) is 152 cm³/mol. The first-order valence-electron chi connectivity index (χ1n) is 14.8. The molecule has 3 aliphatic heterocycles.